The number of nitrogens with zero attached hydrogens (tertiary/aromatic N) is 2. The molecule has 0 radical (unpaired) electrons. The van der Waals surface area contributed by atoms with Crippen LogP contribution in [-0.2, 0) is 25.5 Å². The highest BCUT2D eigenvalue weighted by Crippen LogP contribution is 2.34. The molecule has 10 heteroatoms. The van der Waals surface area contributed by atoms with Gasteiger partial charge in [-0.2, -0.15) is 0 Å². The highest BCUT2D eigenvalue weighted by Gasteiger charge is 2.33. The van der Waals surface area contributed by atoms with E-state index in [0.717, 1.165) is 36.1 Å². The molecule has 4 rings (SSSR count). The summed E-state index contributed by atoms with van der Waals surface area (Å²) in [6, 6.07) is 7.10. The third-order valence-corrected chi connectivity index (χ3v) is 6.05. The summed E-state index contributed by atoms with van der Waals surface area (Å²) < 4.78 is 5.24. The van der Waals surface area contributed by atoms with Crippen molar-refractivity contribution < 1.29 is 23.9 Å². The van der Waals surface area contributed by atoms with Crippen molar-refractivity contribution in [2.75, 3.05) is 22.5 Å². The number of hydrogen-bond donors (Lipinski definition) is 3. The molecule has 2 aliphatic rings. The lowest BCUT2D eigenvalue weighted by molar-refractivity contribution is -0.145. The largest absolute Gasteiger partial charge is 0.444 e. The molecule has 3 heterocycles. The first-order valence-electron chi connectivity index (χ1n) is 12.0. The molecule has 1 fully saturated rings. The molecule has 4 amide bonds. The Hall–Kier alpha value is -3.95. The minimum absolute atomic E-state index is 0.0469. The van der Waals surface area contributed by atoms with Crippen molar-refractivity contribution in [3.63, 3.8) is 0 Å². The molecule has 0 aliphatic carbocycles. The van der Waals surface area contributed by atoms with E-state index in [9.17, 15) is 19.2 Å². The average Bonchev–Trinajstić information content (AvgIpc) is 3.18. The summed E-state index contributed by atoms with van der Waals surface area (Å²) >= 11 is 0. The van der Waals surface area contributed by atoms with Crippen LogP contribution in [0.3, 0.4) is 0 Å². The Morgan fingerprint density at radius 1 is 1.14 bits per heavy atom. The maximum atomic E-state index is 13.2. The number of ether oxygens (including phenoxy) is 1. The number of benzene rings is 1. The number of pyridine rings is 1. The maximum Gasteiger partial charge on any atom is 0.413 e. The Morgan fingerprint density at radius 3 is 2.64 bits per heavy atom. The summed E-state index contributed by atoms with van der Waals surface area (Å²) in [6.45, 7) is 7.49. The molecular formula is C26H31N5O5. The molecule has 1 aromatic heterocycles. The van der Waals surface area contributed by atoms with Crippen LogP contribution in [0, 0.1) is 6.92 Å². The summed E-state index contributed by atoms with van der Waals surface area (Å²) in [5.41, 5.74) is 2.91. The molecule has 10 nitrogen and oxygen atoms in total. The smallest absolute Gasteiger partial charge is 0.413 e. The zero-order valence-electron chi connectivity index (χ0n) is 20.9. The van der Waals surface area contributed by atoms with Gasteiger partial charge in [0.05, 0.1) is 24.3 Å². The summed E-state index contributed by atoms with van der Waals surface area (Å²) in [4.78, 5) is 55.6. The third-order valence-electron chi connectivity index (χ3n) is 6.05. The Morgan fingerprint density at radius 2 is 1.92 bits per heavy atom. The Bertz CT molecular complexity index is 1220. The number of nitrogens with one attached hydrogen (secondary N) is 3. The number of aromatic nitrogens is 1. The normalized spacial score (nSPS) is 17.2. The van der Waals surface area contributed by atoms with E-state index in [2.05, 4.69) is 20.9 Å². The van der Waals surface area contributed by atoms with E-state index in [0.29, 0.717) is 30.0 Å². The predicted octanol–water partition coefficient (Wildman–Crippen LogP) is 3.92. The molecule has 1 atom stereocenters. The standard InChI is InChI=1S/C26H31N5O5/c1-15-11-18(14-27-22(15)30-25(35)36-26(2,3)4)28-23(33)24(34)31-10-6-5-7-20(31)16-8-9-19-17(12-16)13-21(32)29-19/h8-9,11-12,14,20H,5-7,10,13H2,1-4H3,(H,28,33)(H,29,32)(H,27,30,35)/t20-/m0/s1. The van der Waals surface area contributed by atoms with Gasteiger partial charge in [-0.15, -0.1) is 0 Å². The van der Waals surface area contributed by atoms with E-state index in [1.165, 1.54) is 6.20 Å². The van der Waals surface area contributed by atoms with Crippen LogP contribution in [0.15, 0.2) is 30.5 Å². The number of likely N-dealkylation sites (tertiary alicyclic amines) is 1. The molecule has 0 bridgehead atoms. The fraction of sp³-hybridized carbons (Fsp3) is 0.423. The van der Waals surface area contributed by atoms with Crippen molar-refractivity contribution in [2.45, 2.75) is 65.0 Å². The zero-order chi connectivity index (χ0) is 26.0. The molecule has 1 saturated heterocycles. The number of fused-ring (bicyclic) bond motifs is 1. The van der Waals surface area contributed by atoms with Crippen molar-refractivity contribution in [3.8, 4) is 0 Å². The van der Waals surface area contributed by atoms with Crippen molar-refractivity contribution >= 4 is 41.0 Å². The second-order valence-electron chi connectivity index (χ2n) is 10.1. The van der Waals surface area contributed by atoms with Crippen LogP contribution in [0.2, 0.25) is 0 Å². The minimum atomic E-state index is -0.756. The second kappa shape index (κ2) is 9.96. The van der Waals surface area contributed by atoms with E-state index in [4.69, 9.17) is 4.74 Å². The van der Waals surface area contributed by atoms with Gasteiger partial charge in [-0.1, -0.05) is 12.1 Å². The highest BCUT2D eigenvalue weighted by atomic mass is 16.6. The van der Waals surface area contributed by atoms with Gasteiger partial charge < -0.3 is 20.3 Å². The fourth-order valence-corrected chi connectivity index (χ4v) is 4.47. The molecule has 190 valence electrons. The SMILES string of the molecule is Cc1cc(NC(=O)C(=O)N2CCCC[C@H]2c2ccc3c(c2)CC(=O)N3)cnc1NC(=O)OC(C)(C)C. The first kappa shape index (κ1) is 25.2. The van der Waals surface area contributed by atoms with Gasteiger partial charge in [0.25, 0.3) is 0 Å². The van der Waals surface area contributed by atoms with Crippen molar-refractivity contribution in [1.82, 2.24) is 9.88 Å². The van der Waals surface area contributed by atoms with Crippen LogP contribution in [-0.4, -0.2) is 45.8 Å². The van der Waals surface area contributed by atoms with E-state index in [1.54, 1.807) is 38.7 Å². The van der Waals surface area contributed by atoms with Gasteiger partial charge in [0.1, 0.15) is 11.4 Å². The predicted molar refractivity (Wildman–Crippen MR) is 135 cm³/mol. The van der Waals surface area contributed by atoms with E-state index in [1.807, 2.05) is 18.2 Å². The number of amides is 4. The Labute approximate surface area is 209 Å². The van der Waals surface area contributed by atoms with Crippen LogP contribution < -0.4 is 16.0 Å². The Kier molecular flexibility index (Phi) is 6.96. The number of rotatable bonds is 3. The molecule has 3 N–H and O–H groups in total. The first-order valence-corrected chi connectivity index (χ1v) is 12.0. The number of carbonyl (C=O) groups is 4. The van der Waals surface area contributed by atoms with Gasteiger partial charge in [-0.3, -0.25) is 19.7 Å². The number of piperidine rings is 1. The van der Waals surface area contributed by atoms with Gasteiger partial charge in [-0.25, -0.2) is 9.78 Å². The fourth-order valence-electron chi connectivity index (χ4n) is 4.47. The number of hydrogen-bond acceptors (Lipinski definition) is 6. The van der Waals surface area contributed by atoms with Crippen LogP contribution >= 0.6 is 0 Å². The lowest BCUT2D eigenvalue weighted by Crippen LogP contribution is -2.44. The lowest BCUT2D eigenvalue weighted by atomic mass is 9.93. The molecule has 36 heavy (non-hydrogen) atoms. The van der Waals surface area contributed by atoms with Crippen LogP contribution in [0.25, 0.3) is 0 Å². The van der Waals surface area contributed by atoms with Gasteiger partial charge in [-0.05, 0) is 75.8 Å². The summed E-state index contributed by atoms with van der Waals surface area (Å²) in [5, 5.41) is 8.02. The maximum absolute atomic E-state index is 13.2. The molecule has 2 aromatic rings. The molecule has 2 aliphatic heterocycles. The quantitative estimate of drug-likeness (QED) is 0.556. The van der Waals surface area contributed by atoms with E-state index in [-0.39, 0.29) is 11.9 Å². The first-order chi connectivity index (χ1) is 17.0. The van der Waals surface area contributed by atoms with Gasteiger partial charge in [0.2, 0.25) is 5.91 Å². The molecule has 0 saturated carbocycles. The second-order valence-corrected chi connectivity index (χ2v) is 10.1. The van der Waals surface area contributed by atoms with Crippen molar-refractivity contribution in [2.24, 2.45) is 0 Å². The third kappa shape index (κ3) is 5.81. The van der Waals surface area contributed by atoms with E-state index >= 15 is 0 Å². The Balaban J connectivity index is 1.43. The number of aryl methyl sites for hydroxylation is 1. The van der Waals surface area contributed by atoms with Gasteiger partial charge in [0, 0.05) is 12.2 Å². The van der Waals surface area contributed by atoms with Gasteiger partial charge in [0.15, 0.2) is 0 Å². The zero-order valence-corrected chi connectivity index (χ0v) is 20.9. The highest BCUT2D eigenvalue weighted by molar-refractivity contribution is 6.39. The van der Waals surface area contributed by atoms with Crippen LogP contribution in [0.1, 0.15) is 62.8 Å². The summed E-state index contributed by atoms with van der Waals surface area (Å²) in [7, 11) is 0. The molecule has 0 spiro atoms. The molecular weight excluding hydrogens is 462 g/mol. The number of anilines is 3. The van der Waals surface area contributed by atoms with Crippen LogP contribution in [0.4, 0.5) is 22.0 Å². The van der Waals surface area contributed by atoms with Crippen molar-refractivity contribution in [3.05, 3.63) is 47.2 Å². The number of carbonyl (C=O) groups excluding carboxylic acids is 4. The molecule has 0 unspecified atom stereocenters. The minimum Gasteiger partial charge on any atom is -0.444 e. The monoisotopic (exact) mass is 493 g/mol. The van der Waals surface area contributed by atoms with E-state index < -0.39 is 23.5 Å². The van der Waals surface area contributed by atoms with Crippen molar-refractivity contribution in [1.29, 1.82) is 0 Å². The lowest BCUT2D eigenvalue weighted by Gasteiger charge is -2.35. The summed E-state index contributed by atoms with van der Waals surface area (Å²) in [6.07, 6.45) is 3.56. The van der Waals surface area contributed by atoms with Crippen LogP contribution in [0.5, 0.6) is 0 Å². The van der Waals surface area contributed by atoms with Gasteiger partial charge >= 0.3 is 17.9 Å². The average molecular weight is 494 g/mol. The molecule has 1 aromatic carbocycles. The summed E-state index contributed by atoms with van der Waals surface area (Å²) in [5.74, 6) is -1.12. The topological polar surface area (TPSA) is 130 Å².